The Morgan fingerprint density at radius 2 is 1.14 bits per heavy atom. The topological polar surface area (TPSA) is 278 Å². The van der Waals surface area contributed by atoms with Crippen LogP contribution in [-0.2, 0) is 35.2 Å². The van der Waals surface area contributed by atoms with Crippen LogP contribution in [0.25, 0.3) is 0 Å². The van der Waals surface area contributed by atoms with Crippen LogP contribution in [0.2, 0.25) is 0 Å². The van der Waals surface area contributed by atoms with Crippen LogP contribution in [0.15, 0.2) is 54.6 Å². The smallest absolute Gasteiger partial charge is 0.326 e. The first kappa shape index (κ1) is 41.9. The molecule has 276 valence electrons. The zero-order chi connectivity index (χ0) is 37.9. The lowest BCUT2D eigenvalue weighted by Gasteiger charge is -2.23. The van der Waals surface area contributed by atoms with E-state index < -0.39 is 91.1 Å². The van der Waals surface area contributed by atoms with Crippen molar-refractivity contribution < 1.29 is 58.8 Å². The lowest BCUT2D eigenvalue weighted by Crippen LogP contribution is -2.54. The first-order chi connectivity index (χ1) is 24.2. The Morgan fingerprint density at radius 3 is 1.69 bits per heavy atom. The molecule has 4 atom stereocenters. The number of carbonyl (C=O) groups is 8. The molecule has 2 aromatic rings. The number of amides is 5. The number of carboxylic acid groups (broad SMARTS) is 4. The fourth-order valence-electron chi connectivity index (χ4n) is 4.66. The fraction of sp³-hybridized carbons (Fsp3) is 0.394. The van der Waals surface area contributed by atoms with Crippen LogP contribution < -0.4 is 26.6 Å². The van der Waals surface area contributed by atoms with E-state index in [1.54, 1.807) is 54.6 Å². The quantitative estimate of drug-likeness (QED) is 0.0601. The van der Waals surface area contributed by atoms with Crippen molar-refractivity contribution in [3.63, 3.8) is 0 Å². The van der Waals surface area contributed by atoms with E-state index in [0.717, 1.165) is 3.57 Å². The van der Waals surface area contributed by atoms with E-state index >= 15 is 0 Å². The second-order valence-electron chi connectivity index (χ2n) is 11.3. The number of aliphatic carboxylic acids is 4. The van der Waals surface area contributed by atoms with Gasteiger partial charge in [-0.3, -0.25) is 24.0 Å². The van der Waals surface area contributed by atoms with Crippen LogP contribution in [-0.4, -0.2) is 98.8 Å². The molecule has 9 N–H and O–H groups in total. The van der Waals surface area contributed by atoms with Crippen LogP contribution in [0.1, 0.15) is 60.9 Å². The van der Waals surface area contributed by atoms with E-state index in [2.05, 4.69) is 43.9 Å². The summed E-state index contributed by atoms with van der Waals surface area (Å²) in [5.41, 5.74) is 0.952. The molecule has 2 aromatic carbocycles. The molecule has 51 heavy (non-hydrogen) atoms. The van der Waals surface area contributed by atoms with Gasteiger partial charge < -0.3 is 47.0 Å². The number of halogens is 1. The van der Waals surface area contributed by atoms with Gasteiger partial charge in [0, 0.05) is 34.9 Å². The van der Waals surface area contributed by atoms with Crippen molar-refractivity contribution >= 4 is 70.2 Å². The lowest BCUT2D eigenvalue weighted by molar-refractivity contribution is -0.141. The normalized spacial score (nSPS) is 13.0. The first-order valence-corrected chi connectivity index (χ1v) is 16.9. The monoisotopic (exact) mass is 825 g/mol. The molecule has 17 nitrogen and oxygen atoms in total. The van der Waals surface area contributed by atoms with Gasteiger partial charge in [-0.05, 0) is 84.5 Å². The number of carbonyl (C=O) groups excluding carboxylic acids is 4. The third-order valence-electron chi connectivity index (χ3n) is 7.36. The number of urea groups is 1. The number of rotatable bonds is 22. The second kappa shape index (κ2) is 21.7. The Labute approximate surface area is 306 Å². The highest BCUT2D eigenvalue weighted by atomic mass is 127. The number of nitrogens with one attached hydrogen (secondary N) is 5. The minimum absolute atomic E-state index is 0.0425. The third-order valence-corrected chi connectivity index (χ3v) is 8.08. The summed E-state index contributed by atoms with van der Waals surface area (Å²) in [5.74, 6) is -7.31. The molecule has 0 radical (unpaired) electrons. The molecular formula is C33H40IN5O12. The summed E-state index contributed by atoms with van der Waals surface area (Å²) in [7, 11) is 0. The van der Waals surface area contributed by atoms with Gasteiger partial charge in [0.05, 0.1) is 0 Å². The minimum Gasteiger partial charge on any atom is -0.481 e. The maximum atomic E-state index is 13.4. The van der Waals surface area contributed by atoms with Crippen molar-refractivity contribution in [1.29, 1.82) is 0 Å². The largest absolute Gasteiger partial charge is 0.481 e. The van der Waals surface area contributed by atoms with Crippen LogP contribution in [0, 0.1) is 3.57 Å². The average molecular weight is 826 g/mol. The van der Waals surface area contributed by atoms with E-state index in [1.807, 2.05) is 5.32 Å². The highest BCUT2D eigenvalue weighted by molar-refractivity contribution is 14.1. The van der Waals surface area contributed by atoms with Gasteiger partial charge in [0.2, 0.25) is 11.8 Å². The predicted octanol–water partition coefficient (Wildman–Crippen LogP) is 1.34. The summed E-state index contributed by atoms with van der Waals surface area (Å²) in [6.07, 6.45) is -1.22. The van der Waals surface area contributed by atoms with E-state index in [1.165, 1.54) is 0 Å². The maximum Gasteiger partial charge on any atom is 0.326 e. The van der Waals surface area contributed by atoms with Crippen molar-refractivity contribution in [3.05, 3.63) is 69.3 Å². The van der Waals surface area contributed by atoms with Crippen LogP contribution in [0.4, 0.5) is 4.79 Å². The summed E-state index contributed by atoms with van der Waals surface area (Å²) >= 11 is 2.07. The zero-order valence-corrected chi connectivity index (χ0v) is 29.5. The van der Waals surface area contributed by atoms with Gasteiger partial charge in [-0.25, -0.2) is 14.4 Å². The van der Waals surface area contributed by atoms with Crippen LogP contribution >= 0.6 is 22.6 Å². The fourth-order valence-corrected chi connectivity index (χ4v) is 5.02. The molecule has 18 heteroatoms. The van der Waals surface area contributed by atoms with Gasteiger partial charge in [0.1, 0.15) is 24.2 Å². The molecule has 0 aromatic heterocycles. The van der Waals surface area contributed by atoms with Gasteiger partial charge in [-0.2, -0.15) is 0 Å². The molecule has 0 aliphatic heterocycles. The SMILES string of the molecule is O=C(O)CC[C@H](NC(=O)N[C@@H](CCCCNC(=O)[C@H](Cc1ccccc1)NC(=O)[C@H](CCC(=O)O)NC(=O)c1ccc(I)cc1)C(=O)O)C(=O)O. The minimum atomic E-state index is -1.55. The second-order valence-corrected chi connectivity index (χ2v) is 12.6. The van der Waals surface area contributed by atoms with E-state index in [4.69, 9.17) is 5.11 Å². The molecule has 0 fully saturated rings. The maximum absolute atomic E-state index is 13.4. The Morgan fingerprint density at radius 1 is 0.588 bits per heavy atom. The molecule has 0 saturated carbocycles. The Balaban J connectivity index is 2.02. The Hall–Kier alpha value is -5.27. The van der Waals surface area contributed by atoms with E-state index in [0.29, 0.717) is 5.56 Å². The summed E-state index contributed by atoms with van der Waals surface area (Å²) in [5, 5.41) is 48.8. The number of unbranched alkanes of at least 4 members (excludes halogenated alkanes) is 1. The van der Waals surface area contributed by atoms with Crippen LogP contribution in [0.3, 0.4) is 0 Å². The van der Waals surface area contributed by atoms with Gasteiger partial charge in [-0.15, -0.1) is 0 Å². The molecule has 0 heterocycles. The van der Waals surface area contributed by atoms with Crippen LogP contribution in [0.5, 0.6) is 0 Å². The first-order valence-electron chi connectivity index (χ1n) is 15.8. The lowest BCUT2D eigenvalue weighted by atomic mass is 10.0. The van der Waals surface area contributed by atoms with Crippen molar-refractivity contribution in [2.45, 2.75) is 75.5 Å². The highest BCUT2D eigenvalue weighted by Gasteiger charge is 2.28. The van der Waals surface area contributed by atoms with Crippen molar-refractivity contribution in [2.75, 3.05) is 6.54 Å². The summed E-state index contributed by atoms with van der Waals surface area (Å²) in [6.45, 7) is 0.0425. The van der Waals surface area contributed by atoms with Crippen molar-refractivity contribution in [2.24, 2.45) is 0 Å². The highest BCUT2D eigenvalue weighted by Crippen LogP contribution is 2.10. The molecule has 0 unspecified atom stereocenters. The molecular weight excluding hydrogens is 785 g/mol. The van der Waals surface area contributed by atoms with E-state index in [-0.39, 0.29) is 44.2 Å². The summed E-state index contributed by atoms with van der Waals surface area (Å²) in [6, 6.07) is 8.75. The zero-order valence-electron chi connectivity index (χ0n) is 27.3. The number of benzene rings is 2. The third kappa shape index (κ3) is 16.3. The predicted molar refractivity (Wildman–Crippen MR) is 188 cm³/mol. The Kier molecular flexibility index (Phi) is 17.9. The van der Waals surface area contributed by atoms with Gasteiger partial charge in [0.25, 0.3) is 5.91 Å². The summed E-state index contributed by atoms with van der Waals surface area (Å²) in [4.78, 5) is 96.9. The number of hydrogen-bond acceptors (Lipinski definition) is 8. The molecule has 0 spiro atoms. The van der Waals surface area contributed by atoms with Gasteiger partial charge in [0.15, 0.2) is 0 Å². The standard InChI is InChI=1S/C33H40IN5O12/c34-21-11-9-20(10-12-21)28(44)36-22(13-15-26(40)41)30(46)37-25(18-19-6-2-1-3-7-19)29(45)35-17-5-4-8-23(31(47)48)38-33(51)39-24(32(49)50)14-16-27(42)43/h1-3,6-7,9-12,22-25H,4-5,8,13-18H2,(H,35,45)(H,36,44)(H,37,46)(H,40,41)(H,42,43)(H,47,48)(H,49,50)(H2,38,39,51)/t22-,23-,24-,25-/m0/s1. The summed E-state index contributed by atoms with van der Waals surface area (Å²) < 4.78 is 0.877. The van der Waals surface area contributed by atoms with Gasteiger partial charge >= 0.3 is 29.9 Å². The number of carboxylic acids is 4. The number of hydrogen-bond donors (Lipinski definition) is 9. The molecule has 5 amide bonds. The van der Waals surface area contributed by atoms with E-state index in [9.17, 15) is 53.7 Å². The van der Waals surface area contributed by atoms with Crippen molar-refractivity contribution in [1.82, 2.24) is 26.6 Å². The average Bonchev–Trinajstić information content (AvgIpc) is 3.07. The molecule has 0 bridgehead atoms. The van der Waals surface area contributed by atoms with Gasteiger partial charge in [-0.1, -0.05) is 30.3 Å². The van der Waals surface area contributed by atoms with Crippen molar-refractivity contribution in [3.8, 4) is 0 Å². The molecule has 0 aliphatic carbocycles. The molecule has 2 rings (SSSR count). The Bertz CT molecular complexity index is 1540. The molecule has 0 aliphatic rings. The molecule has 0 saturated heterocycles.